The minimum absolute atomic E-state index is 0.460. The molecule has 0 saturated carbocycles. The minimum Gasteiger partial charge on any atom is -0.494 e. The van der Waals surface area contributed by atoms with Crippen LogP contribution in [0.25, 0.3) is 0 Å². The molecule has 1 aromatic carbocycles. The second-order valence-corrected chi connectivity index (χ2v) is 4.74. The third kappa shape index (κ3) is 3.00. The van der Waals surface area contributed by atoms with Crippen molar-refractivity contribution < 1.29 is 4.74 Å². The van der Waals surface area contributed by atoms with Gasteiger partial charge in [0.15, 0.2) is 5.13 Å². The fourth-order valence-electron chi connectivity index (χ4n) is 1.65. The number of nitrogens with two attached hydrogens (primary N) is 1. The van der Waals surface area contributed by atoms with Crippen LogP contribution in [0.3, 0.4) is 0 Å². The molecule has 5 heteroatoms. The van der Waals surface area contributed by atoms with Gasteiger partial charge in [-0.1, -0.05) is 0 Å². The summed E-state index contributed by atoms with van der Waals surface area (Å²) in [6.45, 7) is 5.04. The van der Waals surface area contributed by atoms with Gasteiger partial charge in [0.25, 0.3) is 0 Å². The van der Waals surface area contributed by atoms with Gasteiger partial charge in [-0.3, -0.25) is 0 Å². The summed E-state index contributed by atoms with van der Waals surface area (Å²) >= 11 is 1.59. The van der Waals surface area contributed by atoms with Crippen LogP contribution >= 0.6 is 11.3 Å². The van der Waals surface area contributed by atoms with E-state index in [1.165, 1.54) is 0 Å². The lowest BCUT2D eigenvalue weighted by Crippen LogP contribution is -2.03. The molecule has 0 atom stereocenters. The highest BCUT2D eigenvalue weighted by molar-refractivity contribution is 7.13. The molecule has 0 unspecified atom stereocenters. The van der Waals surface area contributed by atoms with Crippen LogP contribution in [0, 0.1) is 6.92 Å². The van der Waals surface area contributed by atoms with Crippen LogP contribution in [0.2, 0.25) is 0 Å². The monoisotopic (exact) mass is 263 g/mol. The maximum Gasteiger partial charge on any atom is 0.187 e. The average Bonchev–Trinajstić information content (AvgIpc) is 2.77. The Morgan fingerprint density at radius 3 is 2.89 bits per heavy atom. The van der Waals surface area contributed by atoms with Crippen molar-refractivity contribution in [2.24, 2.45) is 5.73 Å². The third-order valence-corrected chi connectivity index (χ3v) is 3.33. The fraction of sp³-hybridized carbons (Fsp3) is 0.308. The first-order chi connectivity index (χ1) is 8.72. The van der Waals surface area contributed by atoms with Gasteiger partial charge in [-0.15, -0.1) is 11.3 Å². The summed E-state index contributed by atoms with van der Waals surface area (Å²) in [5, 5.41) is 6.17. The number of anilines is 2. The van der Waals surface area contributed by atoms with Crippen molar-refractivity contribution >= 4 is 22.2 Å². The van der Waals surface area contributed by atoms with Gasteiger partial charge in [-0.2, -0.15) is 0 Å². The Bertz CT molecular complexity index is 525. The molecular weight excluding hydrogens is 246 g/mol. The number of aryl methyl sites for hydroxylation is 1. The third-order valence-electron chi connectivity index (χ3n) is 2.45. The second kappa shape index (κ2) is 5.84. The zero-order valence-electron chi connectivity index (χ0n) is 10.6. The molecule has 0 radical (unpaired) electrons. The summed E-state index contributed by atoms with van der Waals surface area (Å²) in [7, 11) is 0. The zero-order valence-corrected chi connectivity index (χ0v) is 11.4. The van der Waals surface area contributed by atoms with E-state index in [0.717, 1.165) is 27.8 Å². The number of nitrogens with zero attached hydrogens (tertiary/aromatic N) is 1. The number of hydrogen-bond donors (Lipinski definition) is 2. The number of hydrogen-bond acceptors (Lipinski definition) is 5. The molecule has 2 aromatic rings. The van der Waals surface area contributed by atoms with Gasteiger partial charge < -0.3 is 15.8 Å². The standard InChI is InChI=1S/C13H17N3OS/c1-3-17-12-5-4-11(6-10(12)7-14)16-13-15-9(2)8-18-13/h4-6,8H,3,7,14H2,1-2H3,(H,15,16). The molecule has 2 rings (SSSR count). The number of ether oxygens (including phenoxy) is 1. The quantitative estimate of drug-likeness (QED) is 0.870. The van der Waals surface area contributed by atoms with E-state index in [9.17, 15) is 0 Å². The van der Waals surface area contributed by atoms with Crippen LogP contribution in [-0.2, 0) is 6.54 Å². The fourth-order valence-corrected chi connectivity index (χ4v) is 2.36. The normalized spacial score (nSPS) is 10.4. The summed E-state index contributed by atoms with van der Waals surface area (Å²) < 4.78 is 5.52. The summed E-state index contributed by atoms with van der Waals surface area (Å²) in [4.78, 5) is 4.37. The molecule has 18 heavy (non-hydrogen) atoms. The largest absolute Gasteiger partial charge is 0.494 e. The molecule has 0 aliphatic heterocycles. The molecule has 1 heterocycles. The van der Waals surface area contributed by atoms with Crippen LogP contribution in [-0.4, -0.2) is 11.6 Å². The molecule has 0 bridgehead atoms. The molecule has 3 N–H and O–H groups in total. The molecule has 0 fully saturated rings. The van der Waals surface area contributed by atoms with E-state index in [-0.39, 0.29) is 0 Å². The molecule has 0 spiro atoms. The van der Waals surface area contributed by atoms with E-state index in [4.69, 9.17) is 10.5 Å². The van der Waals surface area contributed by atoms with Crippen LogP contribution in [0.15, 0.2) is 23.6 Å². The first-order valence-electron chi connectivity index (χ1n) is 5.88. The van der Waals surface area contributed by atoms with Gasteiger partial charge in [0.1, 0.15) is 5.75 Å². The smallest absolute Gasteiger partial charge is 0.187 e. The highest BCUT2D eigenvalue weighted by Crippen LogP contribution is 2.26. The predicted octanol–water partition coefficient (Wildman–Crippen LogP) is 3.05. The Kier molecular flexibility index (Phi) is 4.17. The Hall–Kier alpha value is -1.59. The molecule has 0 saturated heterocycles. The molecule has 0 aliphatic carbocycles. The van der Waals surface area contributed by atoms with Crippen LogP contribution in [0.4, 0.5) is 10.8 Å². The topological polar surface area (TPSA) is 60.2 Å². The van der Waals surface area contributed by atoms with E-state index in [0.29, 0.717) is 13.2 Å². The molecule has 1 aromatic heterocycles. The second-order valence-electron chi connectivity index (χ2n) is 3.88. The summed E-state index contributed by atoms with van der Waals surface area (Å²) in [6, 6.07) is 5.91. The van der Waals surface area contributed by atoms with Crippen molar-refractivity contribution in [3.05, 3.63) is 34.8 Å². The first-order valence-corrected chi connectivity index (χ1v) is 6.76. The van der Waals surface area contributed by atoms with E-state index < -0.39 is 0 Å². The number of rotatable bonds is 5. The van der Waals surface area contributed by atoms with E-state index >= 15 is 0 Å². The van der Waals surface area contributed by atoms with Gasteiger partial charge in [-0.25, -0.2) is 4.98 Å². The van der Waals surface area contributed by atoms with Gasteiger partial charge in [0.05, 0.1) is 12.3 Å². The van der Waals surface area contributed by atoms with Gasteiger partial charge in [0.2, 0.25) is 0 Å². The molecular formula is C13H17N3OS. The van der Waals surface area contributed by atoms with Crippen molar-refractivity contribution in [1.82, 2.24) is 4.98 Å². The zero-order chi connectivity index (χ0) is 13.0. The number of aromatic nitrogens is 1. The number of nitrogens with one attached hydrogen (secondary N) is 1. The molecule has 96 valence electrons. The minimum atomic E-state index is 0.460. The molecule has 0 amide bonds. The SMILES string of the molecule is CCOc1ccc(Nc2nc(C)cs2)cc1CN. The first kappa shape index (κ1) is 12.9. The van der Waals surface area contributed by atoms with Crippen molar-refractivity contribution in [1.29, 1.82) is 0 Å². The van der Waals surface area contributed by atoms with Crippen molar-refractivity contribution in [3.63, 3.8) is 0 Å². The Labute approximate surface area is 111 Å². The summed E-state index contributed by atoms with van der Waals surface area (Å²) in [5.41, 5.74) is 8.72. The Morgan fingerprint density at radius 1 is 1.44 bits per heavy atom. The highest BCUT2D eigenvalue weighted by Gasteiger charge is 2.05. The van der Waals surface area contributed by atoms with Gasteiger partial charge in [0, 0.05) is 23.2 Å². The van der Waals surface area contributed by atoms with E-state index in [1.807, 2.05) is 37.4 Å². The van der Waals surface area contributed by atoms with Crippen molar-refractivity contribution in [2.75, 3.05) is 11.9 Å². The lowest BCUT2D eigenvalue weighted by atomic mass is 10.2. The summed E-state index contributed by atoms with van der Waals surface area (Å²) in [5.74, 6) is 0.848. The average molecular weight is 263 g/mol. The van der Waals surface area contributed by atoms with Gasteiger partial charge >= 0.3 is 0 Å². The molecule has 4 nitrogen and oxygen atoms in total. The number of thiazole rings is 1. The maximum absolute atomic E-state index is 5.73. The summed E-state index contributed by atoms with van der Waals surface area (Å²) in [6.07, 6.45) is 0. The molecule has 0 aliphatic rings. The van der Waals surface area contributed by atoms with Gasteiger partial charge in [-0.05, 0) is 32.0 Å². The number of benzene rings is 1. The lowest BCUT2D eigenvalue weighted by molar-refractivity contribution is 0.336. The Morgan fingerprint density at radius 2 is 2.28 bits per heavy atom. The van der Waals surface area contributed by atoms with Crippen LogP contribution in [0.5, 0.6) is 5.75 Å². The van der Waals surface area contributed by atoms with Crippen LogP contribution in [0.1, 0.15) is 18.2 Å². The predicted molar refractivity (Wildman–Crippen MR) is 75.6 cm³/mol. The van der Waals surface area contributed by atoms with E-state index in [2.05, 4.69) is 10.3 Å². The highest BCUT2D eigenvalue weighted by atomic mass is 32.1. The van der Waals surface area contributed by atoms with Crippen molar-refractivity contribution in [3.8, 4) is 5.75 Å². The van der Waals surface area contributed by atoms with E-state index in [1.54, 1.807) is 11.3 Å². The maximum atomic E-state index is 5.73. The van der Waals surface area contributed by atoms with Crippen molar-refractivity contribution in [2.45, 2.75) is 20.4 Å². The Balaban J connectivity index is 2.19. The van der Waals surface area contributed by atoms with Crippen LogP contribution < -0.4 is 15.8 Å². The lowest BCUT2D eigenvalue weighted by Gasteiger charge is -2.11.